The highest BCUT2D eigenvalue weighted by atomic mass is 35.5. The molecule has 0 fully saturated rings. The zero-order chi connectivity index (χ0) is 12.8. The predicted octanol–water partition coefficient (Wildman–Crippen LogP) is 3.28. The van der Waals surface area contributed by atoms with Crippen molar-refractivity contribution in [2.24, 2.45) is 0 Å². The number of hydrogen-bond donors (Lipinski definition) is 1. The fourth-order valence-electron chi connectivity index (χ4n) is 1.46. The van der Waals surface area contributed by atoms with Gasteiger partial charge in [-0.05, 0) is 25.5 Å². The minimum absolute atomic E-state index is 0.276. The lowest BCUT2D eigenvalue weighted by atomic mass is 10.1. The van der Waals surface area contributed by atoms with E-state index in [0.717, 1.165) is 0 Å². The zero-order valence-electron chi connectivity index (χ0n) is 9.86. The molecule has 0 saturated carbocycles. The van der Waals surface area contributed by atoms with Crippen LogP contribution in [0.15, 0.2) is 24.3 Å². The third-order valence-electron chi connectivity index (χ3n) is 2.47. The summed E-state index contributed by atoms with van der Waals surface area (Å²) in [5, 5.41) is 9.72. The molecule has 0 aliphatic heterocycles. The third-order valence-corrected chi connectivity index (χ3v) is 2.70. The van der Waals surface area contributed by atoms with Crippen LogP contribution in [0.2, 0.25) is 5.02 Å². The highest BCUT2D eigenvalue weighted by Gasteiger charge is 2.11. The van der Waals surface area contributed by atoms with Gasteiger partial charge in [-0.1, -0.05) is 29.8 Å². The van der Waals surface area contributed by atoms with E-state index in [1.54, 1.807) is 31.2 Å². The molecule has 0 heterocycles. The monoisotopic (exact) mass is 258 g/mol. The van der Waals surface area contributed by atoms with Crippen LogP contribution in [-0.4, -0.2) is 24.4 Å². The molecule has 0 aromatic heterocycles. The molecule has 1 rings (SSSR count). The van der Waals surface area contributed by atoms with E-state index in [1.807, 2.05) is 0 Å². The van der Waals surface area contributed by atoms with Crippen LogP contribution in [-0.2, 0) is 4.74 Å². The lowest BCUT2D eigenvalue weighted by Crippen LogP contribution is -2.24. The van der Waals surface area contributed by atoms with Crippen LogP contribution in [0.1, 0.15) is 18.9 Å². The molecule has 17 heavy (non-hydrogen) atoms. The van der Waals surface area contributed by atoms with Gasteiger partial charge in [0.25, 0.3) is 0 Å². The molecule has 1 aromatic carbocycles. The number of benzene rings is 1. The minimum atomic E-state index is -0.556. The Hall–Kier alpha value is -0.900. The average Bonchev–Trinajstić information content (AvgIpc) is 2.26. The Bertz CT molecular complexity index is 391. The van der Waals surface area contributed by atoms with Gasteiger partial charge in [-0.25, -0.2) is 4.39 Å². The normalized spacial score (nSPS) is 15.1. The van der Waals surface area contributed by atoms with Gasteiger partial charge in [-0.3, -0.25) is 0 Å². The van der Waals surface area contributed by atoms with Crippen molar-refractivity contribution in [2.75, 3.05) is 7.11 Å². The molecule has 0 saturated heterocycles. The van der Waals surface area contributed by atoms with Gasteiger partial charge in [0.1, 0.15) is 5.82 Å². The summed E-state index contributed by atoms with van der Waals surface area (Å²) in [5.74, 6) is -0.361. The number of hydrogen-bond acceptors (Lipinski definition) is 2. The highest BCUT2D eigenvalue weighted by molar-refractivity contribution is 6.30. The van der Waals surface area contributed by atoms with Crippen molar-refractivity contribution in [3.8, 4) is 0 Å². The van der Waals surface area contributed by atoms with Crippen molar-refractivity contribution >= 4 is 17.7 Å². The van der Waals surface area contributed by atoms with E-state index in [1.165, 1.54) is 13.2 Å². The minimum Gasteiger partial charge on any atom is -0.391 e. The van der Waals surface area contributed by atoms with Crippen LogP contribution < -0.4 is 0 Å². The van der Waals surface area contributed by atoms with E-state index in [9.17, 15) is 9.50 Å². The van der Waals surface area contributed by atoms with Crippen LogP contribution in [0.3, 0.4) is 0 Å². The first kappa shape index (κ1) is 14.2. The Morgan fingerprint density at radius 1 is 1.53 bits per heavy atom. The van der Waals surface area contributed by atoms with Crippen molar-refractivity contribution in [2.45, 2.75) is 25.6 Å². The molecule has 1 N–H and O–H groups in total. The molecule has 2 nitrogen and oxygen atoms in total. The lowest BCUT2D eigenvalue weighted by Gasteiger charge is -2.15. The fraction of sp³-hybridized carbons (Fsp3) is 0.385. The summed E-state index contributed by atoms with van der Waals surface area (Å²) < 4.78 is 18.5. The smallest absolute Gasteiger partial charge is 0.131 e. The Morgan fingerprint density at radius 3 is 2.76 bits per heavy atom. The van der Waals surface area contributed by atoms with Gasteiger partial charge in [-0.15, -0.1) is 0 Å². The lowest BCUT2D eigenvalue weighted by molar-refractivity contribution is 0.000353. The van der Waals surface area contributed by atoms with Crippen LogP contribution in [0.25, 0.3) is 6.08 Å². The summed E-state index contributed by atoms with van der Waals surface area (Å²) >= 11 is 5.65. The number of aliphatic hydroxyl groups is 1. The number of methoxy groups -OCH3 is 1. The van der Waals surface area contributed by atoms with Crippen molar-refractivity contribution < 1.29 is 14.2 Å². The first-order valence-electron chi connectivity index (χ1n) is 5.37. The van der Waals surface area contributed by atoms with E-state index in [2.05, 4.69) is 0 Å². The largest absolute Gasteiger partial charge is 0.391 e. The standard InChI is InChI=1S/C13H16ClFO2/c1-9(16)13(17-2)5-3-4-10-6-7-11(14)8-12(10)15/h3-4,6-9,13,16H,5H2,1-2H3/b4-3+/t9-,13+/m0/s1. The molecule has 0 radical (unpaired) electrons. The summed E-state index contributed by atoms with van der Waals surface area (Å²) in [4.78, 5) is 0. The third kappa shape index (κ3) is 4.46. The van der Waals surface area contributed by atoms with Crippen LogP contribution >= 0.6 is 11.6 Å². The maximum atomic E-state index is 13.4. The molecule has 0 aliphatic carbocycles. The number of halogens is 2. The molecule has 0 unspecified atom stereocenters. The zero-order valence-corrected chi connectivity index (χ0v) is 10.6. The molecule has 1 aromatic rings. The number of aliphatic hydroxyl groups excluding tert-OH is 1. The van der Waals surface area contributed by atoms with E-state index < -0.39 is 6.10 Å². The van der Waals surface area contributed by atoms with Crippen molar-refractivity contribution in [1.82, 2.24) is 0 Å². The van der Waals surface area contributed by atoms with E-state index >= 15 is 0 Å². The van der Waals surface area contributed by atoms with Gasteiger partial charge in [0.15, 0.2) is 0 Å². The summed E-state index contributed by atoms with van der Waals surface area (Å²) in [6.45, 7) is 1.66. The molecule has 0 amide bonds. The van der Waals surface area contributed by atoms with Gasteiger partial charge < -0.3 is 9.84 Å². The van der Waals surface area contributed by atoms with Crippen LogP contribution in [0, 0.1) is 5.82 Å². The average molecular weight is 259 g/mol. The van der Waals surface area contributed by atoms with Crippen molar-refractivity contribution in [1.29, 1.82) is 0 Å². The van der Waals surface area contributed by atoms with Gasteiger partial charge in [0.2, 0.25) is 0 Å². The summed E-state index contributed by atoms with van der Waals surface area (Å²) in [5.41, 5.74) is 0.467. The van der Waals surface area contributed by atoms with Crippen LogP contribution in [0.4, 0.5) is 4.39 Å². The maximum Gasteiger partial charge on any atom is 0.131 e. The molecule has 0 aliphatic rings. The predicted molar refractivity (Wildman–Crippen MR) is 67.5 cm³/mol. The second kappa shape index (κ2) is 6.74. The van der Waals surface area contributed by atoms with Crippen molar-refractivity contribution in [3.05, 3.63) is 40.7 Å². The molecule has 2 atom stereocenters. The number of ether oxygens (including phenoxy) is 1. The van der Waals surface area contributed by atoms with Gasteiger partial charge in [0, 0.05) is 17.7 Å². The van der Waals surface area contributed by atoms with E-state index in [-0.39, 0.29) is 11.9 Å². The molecule has 0 spiro atoms. The Morgan fingerprint density at radius 2 is 2.24 bits per heavy atom. The van der Waals surface area contributed by atoms with Crippen molar-refractivity contribution in [3.63, 3.8) is 0 Å². The Kier molecular flexibility index (Phi) is 5.62. The SMILES string of the molecule is CO[C@H](C/C=C/c1ccc(Cl)cc1F)[C@H](C)O. The Balaban J connectivity index is 2.64. The molecule has 0 bridgehead atoms. The van der Waals surface area contributed by atoms with Gasteiger partial charge in [0.05, 0.1) is 12.2 Å². The first-order chi connectivity index (χ1) is 8.04. The molecule has 94 valence electrons. The highest BCUT2D eigenvalue weighted by Crippen LogP contribution is 2.16. The topological polar surface area (TPSA) is 29.5 Å². The van der Waals surface area contributed by atoms with Gasteiger partial charge >= 0.3 is 0 Å². The summed E-state index contributed by atoms with van der Waals surface area (Å²) in [6, 6.07) is 4.51. The Labute approximate surface area is 106 Å². The van der Waals surface area contributed by atoms with E-state index in [4.69, 9.17) is 16.3 Å². The first-order valence-corrected chi connectivity index (χ1v) is 5.75. The van der Waals surface area contributed by atoms with Crippen LogP contribution in [0.5, 0.6) is 0 Å². The summed E-state index contributed by atoms with van der Waals surface area (Å²) in [7, 11) is 1.54. The van der Waals surface area contributed by atoms with E-state index in [0.29, 0.717) is 17.0 Å². The molecular formula is C13H16ClFO2. The fourth-order valence-corrected chi connectivity index (χ4v) is 1.61. The molecule has 4 heteroatoms. The van der Waals surface area contributed by atoms with Gasteiger partial charge in [-0.2, -0.15) is 0 Å². The second-order valence-electron chi connectivity index (χ2n) is 3.82. The summed E-state index contributed by atoms with van der Waals surface area (Å²) in [6.07, 6.45) is 3.12. The maximum absolute atomic E-state index is 13.4. The number of rotatable bonds is 5. The quantitative estimate of drug-likeness (QED) is 0.878. The second-order valence-corrected chi connectivity index (χ2v) is 4.26. The molecular weight excluding hydrogens is 243 g/mol.